The Bertz CT molecular complexity index is 594. The number of aryl methyl sites for hydroxylation is 1. The van der Waals surface area contributed by atoms with Crippen LogP contribution in [0.1, 0.15) is 32.3 Å². The number of nitrogens with one attached hydrogen (secondary N) is 1. The van der Waals surface area contributed by atoms with E-state index in [9.17, 15) is 9.59 Å². The van der Waals surface area contributed by atoms with E-state index in [1.165, 1.54) is 0 Å². The molecule has 132 valence electrons. The molecule has 0 unspecified atom stereocenters. The molecule has 0 atom stereocenters. The summed E-state index contributed by atoms with van der Waals surface area (Å²) in [5.41, 5.74) is 1.91. The highest BCUT2D eigenvalue weighted by Crippen LogP contribution is 2.23. The molecule has 1 saturated heterocycles. The number of hydrogen-bond donors (Lipinski definition) is 1. The van der Waals surface area contributed by atoms with E-state index in [2.05, 4.69) is 21.2 Å². The molecule has 6 heteroatoms. The van der Waals surface area contributed by atoms with Gasteiger partial charge < -0.3 is 15.1 Å². The summed E-state index contributed by atoms with van der Waals surface area (Å²) in [7, 11) is 0. The number of urea groups is 1. The van der Waals surface area contributed by atoms with Gasteiger partial charge in [-0.05, 0) is 57.4 Å². The van der Waals surface area contributed by atoms with Crippen molar-refractivity contribution in [3.05, 3.63) is 28.2 Å². The summed E-state index contributed by atoms with van der Waals surface area (Å²) in [5, 5.41) is 3.00. The van der Waals surface area contributed by atoms with Crippen molar-refractivity contribution in [3.63, 3.8) is 0 Å². The van der Waals surface area contributed by atoms with E-state index in [0.29, 0.717) is 25.9 Å². The van der Waals surface area contributed by atoms with Gasteiger partial charge in [0.1, 0.15) is 0 Å². The third-order valence-electron chi connectivity index (χ3n) is 4.60. The number of piperidine rings is 1. The number of carbonyl (C=O) groups is 2. The average Bonchev–Trinajstić information content (AvgIpc) is 2.59. The molecule has 1 aliphatic heterocycles. The summed E-state index contributed by atoms with van der Waals surface area (Å²) < 4.78 is 1.03. The van der Waals surface area contributed by atoms with Crippen LogP contribution in [0.2, 0.25) is 0 Å². The summed E-state index contributed by atoms with van der Waals surface area (Å²) in [6.07, 6.45) is 1.43. The summed E-state index contributed by atoms with van der Waals surface area (Å²) in [4.78, 5) is 28.5. The largest absolute Gasteiger partial charge is 0.326 e. The lowest BCUT2D eigenvalue weighted by molar-refractivity contribution is -0.121. The predicted molar refractivity (Wildman–Crippen MR) is 100 cm³/mol. The van der Waals surface area contributed by atoms with Crippen LogP contribution in [0.15, 0.2) is 22.7 Å². The number of nitrogens with zero attached hydrogens (tertiary/aromatic N) is 2. The van der Waals surface area contributed by atoms with E-state index in [1.54, 1.807) is 0 Å². The average molecular weight is 396 g/mol. The van der Waals surface area contributed by atoms with Crippen molar-refractivity contribution in [2.24, 2.45) is 5.92 Å². The molecular formula is C18H26BrN3O2. The Morgan fingerprint density at radius 3 is 2.42 bits per heavy atom. The number of halogens is 1. The van der Waals surface area contributed by atoms with Gasteiger partial charge in [0, 0.05) is 42.3 Å². The second-order valence-electron chi connectivity index (χ2n) is 6.17. The number of carbonyl (C=O) groups excluding carboxylic acids is 2. The molecule has 2 rings (SSSR count). The van der Waals surface area contributed by atoms with Gasteiger partial charge in [-0.1, -0.05) is 15.9 Å². The van der Waals surface area contributed by atoms with Gasteiger partial charge in [-0.2, -0.15) is 0 Å². The highest BCUT2D eigenvalue weighted by molar-refractivity contribution is 9.10. The summed E-state index contributed by atoms with van der Waals surface area (Å²) in [6, 6.07) is 5.88. The van der Waals surface area contributed by atoms with Gasteiger partial charge in [0.05, 0.1) is 0 Å². The topological polar surface area (TPSA) is 52.7 Å². The second-order valence-corrected chi connectivity index (χ2v) is 7.02. The lowest BCUT2D eigenvalue weighted by Gasteiger charge is -2.34. The third-order valence-corrected chi connectivity index (χ3v) is 5.49. The minimum atomic E-state index is -0.0327. The Balaban J connectivity index is 1.88. The molecule has 3 amide bonds. The molecular weight excluding hydrogens is 370 g/mol. The molecule has 24 heavy (non-hydrogen) atoms. The van der Waals surface area contributed by atoms with Crippen LogP contribution in [0, 0.1) is 12.8 Å². The lowest BCUT2D eigenvalue weighted by Crippen LogP contribution is -2.47. The number of benzene rings is 1. The standard InChI is InChI=1S/C18H26BrN3O2/c1-4-21(5-2)18(24)22-10-8-14(9-11-22)17(23)20-15-6-7-16(19)13(3)12-15/h6-7,12,14H,4-5,8-11H2,1-3H3,(H,20,23). The van der Waals surface area contributed by atoms with E-state index >= 15 is 0 Å². The van der Waals surface area contributed by atoms with Crippen molar-refractivity contribution in [3.8, 4) is 0 Å². The van der Waals surface area contributed by atoms with Crippen molar-refractivity contribution < 1.29 is 9.59 Å². The molecule has 0 radical (unpaired) electrons. The molecule has 5 nitrogen and oxygen atoms in total. The van der Waals surface area contributed by atoms with Crippen LogP contribution >= 0.6 is 15.9 Å². The van der Waals surface area contributed by atoms with E-state index < -0.39 is 0 Å². The maximum atomic E-state index is 12.4. The van der Waals surface area contributed by atoms with Crippen LogP contribution in [0.4, 0.5) is 10.5 Å². The maximum Gasteiger partial charge on any atom is 0.319 e. The summed E-state index contributed by atoms with van der Waals surface area (Å²) in [5.74, 6) is 0.0152. The van der Waals surface area contributed by atoms with Crippen LogP contribution in [-0.2, 0) is 4.79 Å². The first kappa shape index (κ1) is 18.8. The van der Waals surface area contributed by atoms with Crippen molar-refractivity contribution in [1.82, 2.24) is 9.80 Å². The predicted octanol–water partition coefficient (Wildman–Crippen LogP) is 3.87. The molecule has 1 aliphatic rings. The minimum Gasteiger partial charge on any atom is -0.326 e. The summed E-state index contributed by atoms with van der Waals surface area (Å²) >= 11 is 3.46. The van der Waals surface area contributed by atoms with Gasteiger partial charge in [-0.15, -0.1) is 0 Å². The number of rotatable bonds is 4. The Kier molecular flexibility index (Phi) is 6.66. The molecule has 0 bridgehead atoms. The third kappa shape index (κ3) is 4.50. The van der Waals surface area contributed by atoms with E-state index in [1.807, 2.05) is 48.8 Å². The fourth-order valence-corrected chi connectivity index (χ4v) is 3.24. The van der Waals surface area contributed by atoms with Crippen LogP contribution in [0.25, 0.3) is 0 Å². The Morgan fingerprint density at radius 2 is 1.88 bits per heavy atom. The highest BCUT2D eigenvalue weighted by atomic mass is 79.9. The van der Waals surface area contributed by atoms with Crippen LogP contribution in [-0.4, -0.2) is 47.9 Å². The molecule has 1 aromatic rings. The van der Waals surface area contributed by atoms with Gasteiger partial charge in [0.2, 0.25) is 5.91 Å². The molecule has 0 spiro atoms. The quantitative estimate of drug-likeness (QED) is 0.840. The van der Waals surface area contributed by atoms with Crippen molar-refractivity contribution in [1.29, 1.82) is 0 Å². The first-order valence-electron chi connectivity index (χ1n) is 8.57. The fourth-order valence-electron chi connectivity index (χ4n) is 2.99. The first-order chi connectivity index (χ1) is 11.5. The Labute approximate surface area is 152 Å². The number of amides is 3. The highest BCUT2D eigenvalue weighted by Gasteiger charge is 2.28. The molecule has 0 saturated carbocycles. The smallest absolute Gasteiger partial charge is 0.319 e. The van der Waals surface area contributed by atoms with Gasteiger partial charge in [0.15, 0.2) is 0 Å². The lowest BCUT2D eigenvalue weighted by atomic mass is 9.96. The molecule has 1 N–H and O–H groups in total. The molecule has 1 fully saturated rings. The zero-order valence-electron chi connectivity index (χ0n) is 14.6. The monoisotopic (exact) mass is 395 g/mol. The zero-order chi connectivity index (χ0) is 17.7. The van der Waals surface area contributed by atoms with Gasteiger partial charge in [-0.3, -0.25) is 4.79 Å². The molecule has 0 aliphatic carbocycles. The number of anilines is 1. The molecule has 1 aromatic carbocycles. The van der Waals surface area contributed by atoms with E-state index in [0.717, 1.165) is 28.8 Å². The second kappa shape index (κ2) is 8.51. The zero-order valence-corrected chi connectivity index (χ0v) is 16.2. The Morgan fingerprint density at radius 1 is 1.25 bits per heavy atom. The maximum absolute atomic E-state index is 12.4. The Hall–Kier alpha value is -1.56. The van der Waals surface area contributed by atoms with Crippen LogP contribution in [0.3, 0.4) is 0 Å². The number of hydrogen-bond acceptors (Lipinski definition) is 2. The molecule has 0 aromatic heterocycles. The number of likely N-dealkylation sites (tertiary alicyclic amines) is 1. The van der Waals surface area contributed by atoms with Gasteiger partial charge in [-0.25, -0.2) is 4.79 Å². The van der Waals surface area contributed by atoms with Crippen molar-refractivity contribution in [2.75, 3.05) is 31.5 Å². The SMILES string of the molecule is CCN(CC)C(=O)N1CCC(C(=O)Nc2ccc(Br)c(C)c2)CC1. The summed E-state index contributed by atoms with van der Waals surface area (Å²) in [6.45, 7) is 8.71. The fraction of sp³-hybridized carbons (Fsp3) is 0.556. The van der Waals surface area contributed by atoms with Gasteiger partial charge in [0.25, 0.3) is 0 Å². The van der Waals surface area contributed by atoms with E-state index in [4.69, 9.17) is 0 Å². The van der Waals surface area contributed by atoms with E-state index in [-0.39, 0.29) is 17.9 Å². The van der Waals surface area contributed by atoms with Crippen LogP contribution < -0.4 is 5.32 Å². The minimum absolute atomic E-state index is 0.0327. The first-order valence-corrected chi connectivity index (χ1v) is 9.36. The molecule has 1 heterocycles. The van der Waals surface area contributed by atoms with Crippen molar-refractivity contribution in [2.45, 2.75) is 33.6 Å². The van der Waals surface area contributed by atoms with Crippen LogP contribution in [0.5, 0.6) is 0 Å². The van der Waals surface area contributed by atoms with Crippen molar-refractivity contribution >= 4 is 33.6 Å². The normalized spacial score (nSPS) is 15.2. The van der Waals surface area contributed by atoms with Gasteiger partial charge >= 0.3 is 6.03 Å².